The third kappa shape index (κ3) is 4.94. The molecular formula is C28H21NO3S. The lowest BCUT2D eigenvalue weighted by Gasteiger charge is -2.10. The van der Waals surface area contributed by atoms with Gasteiger partial charge in [-0.1, -0.05) is 78.5 Å². The summed E-state index contributed by atoms with van der Waals surface area (Å²) in [6, 6.07) is 35.2. The molecule has 1 N–H and O–H groups in total. The Morgan fingerprint density at radius 1 is 0.788 bits per heavy atom. The van der Waals surface area contributed by atoms with Crippen LogP contribution in [0.3, 0.4) is 0 Å². The second-order valence-corrected chi connectivity index (χ2v) is 8.51. The van der Waals surface area contributed by atoms with Crippen LogP contribution >= 0.6 is 11.8 Å². The van der Waals surface area contributed by atoms with Crippen molar-refractivity contribution in [1.82, 2.24) is 0 Å². The average Bonchev–Trinajstić information content (AvgIpc) is 3.34. The third-order valence-electron chi connectivity index (χ3n) is 5.11. The smallest absolute Gasteiger partial charge is 0.291 e. The molecule has 4 nitrogen and oxygen atoms in total. The Kier molecular flexibility index (Phi) is 6.13. The van der Waals surface area contributed by atoms with E-state index in [0.717, 1.165) is 32.0 Å². The molecule has 1 amide bonds. The van der Waals surface area contributed by atoms with Crippen LogP contribution in [0.1, 0.15) is 16.3 Å². The van der Waals surface area contributed by atoms with Gasteiger partial charge in [-0.25, -0.2) is 0 Å². The van der Waals surface area contributed by atoms with Crippen LogP contribution in [0.2, 0.25) is 0 Å². The Bertz CT molecular complexity index is 1390. The van der Waals surface area contributed by atoms with E-state index in [2.05, 4.69) is 5.32 Å². The van der Waals surface area contributed by atoms with Gasteiger partial charge in [-0.05, 0) is 47.9 Å². The number of rotatable bonds is 7. The van der Waals surface area contributed by atoms with Gasteiger partial charge in [-0.15, -0.1) is 0 Å². The van der Waals surface area contributed by atoms with E-state index < -0.39 is 0 Å². The Labute approximate surface area is 196 Å². The van der Waals surface area contributed by atoms with Crippen LogP contribution in [0.4, 0.5) is 5.69 Å². The summed E-state index contributed by atoms with van der Waals surface area (Å²) in [4.78, 5) is 14.9. The van der Waals surface area contributed by atoms with Gasteiger partial charge in [0.1, 0.15) is 18.1 Å². The van der Waals surface area contributed by atoms with E-state index in [0.29, 0.717) is 5.76 Å². The third-order valence-corrected chi connectivity index (χ3v) is 6.20. The van der Waals surface area contributed by atoms with Crippen molar-refractivity contribution < 1.29 is 13.9 Å². The lowest BCUT2D eigenvalue weighted by Crippen LogP contribution is -2.11. The second-order valence-electron chi connectivity index (χ2n) is 7.40. The molecule has 5 aromatic rings. The molecule has 0 unspecified atom stereocenters. The first kappa shape index (κ1) is 20.9. The predicted octanol–water partition coefficient (Wildman–Crippen LogP) is 7.42. The van der Waals surface area contributed by atoms with Gasteiger partial charge in [0.15, 0.2) is 5.76 Å². The minimum absolute atomic E-state index is 0.238. The summed E-state index contributed by atoms with van der Waals surface area (Å²) >= 11 is 1.60. The zero-order valence-corrected chi connectivity index (χ0v) is 18.5. The maximum atomic E-state index is 12.8. The molecule has 0 spiro atoms. The van der Waals surface area contributed by atoms with Gasteiger partial charge in [-0.3, -0.25) is 4.79 Å². The first-order chi connectivity index (χ1) is 16.3. The molecule has 0 radical (unpaired) electrons. The van der Waals surface area contributed by atoms with Gasteiger partial charge < -0.3 is 14.5 Å². The van der Waals surface area contributed by atoms with Crippen LogP contribution in [-0.2, 0) is 6.61 Å². The van der Waals surface area contributed by atoms with Gasteiger partial charge in [0, 0.05) is 15.2 Å². The first-order valence-electron chi connectivity index (χ1n) is 10.6. The molecule has 0 bridgehead atoms. The quantitative estimate of drug-likeness (QED) is 0.280. The molecule has 0 aliphatic heterocycles. The molecule has 0 atom stereocenters. The van der Waals surface area contributed by atoms with Gasteiger partial charge in [0.2, 0.25) is 0 Å². The van der Waals surface area contributed by atoms with E-state index in [4.69, 9.17) is 9.15 Å². The number of benzene rings is 4. The summed E-state index contributed by atoms with van der Waals surface area (Å²) in [5.41, 5.74) is 0.737. The monoisotopic (exact) mass is 451 g/mol. The lowest BCUT2D eigenvalue weighted by molar-refractivity contribution is 0.0992. The van der Waals surface area contributed by atoms with Gasteiger partial charge in [0.25, 0.3) is 5.91 Å². The molecule has 0 saturated heterocycles. The zero-order valence-electron chi connectivity index (χ0n) is 17.7. The summed E-state index contributed by atoms with van der Waals surface area (Å²) in [7, 11) is 0. The fourth-order valence-electron chi connectivity index (χ4n) is 3.51. The number of carbonyl (C=O) groups is 1. The summed E-state index contributed by atoms with van der Waals surface area (Å²) < 4.78 is 11.7. The van der Waals surface area contributed by atoms with Crippen molar-refractivity contribution in [2.45, 2.75) is 16.4 Å². The number of amides is 1. The Morgan fingerprint density at radius 3 is 2.45 bits per heavy atom. The topological polar surface area (TPSA) is 51.5 Å². The van der Waals surface area contributed by atoms with Crippen LogP contribution < -0.4 is 10.1 Å². The highest BCUT2D eigenvalue weighted by atomic mass is 32.2. The highest BCUT2D eigenvalue weighted by molar-refractivity contribution is 7.99. The average molecular weight is 452 g/mol. The Hall–Kier alpha value is -3.96. The van der Waals surface area contributed by atoms with E-state index in [9.17, 15) is 4.79 Å². The largest absolute Gasteiger partial charge is 0.485 e. The van der Waals surface area contributed by atoms with E-state index in [1.54, 1.807) is 23.9 Å². The van der Waals surface area contributed by atoms with E-state index in [-0.39, 0.29) is 18.3 Å². The Morgan fingerprint density at radius 2 is 1.55 bits per heavy atom. The maximum absolute atomic E-state index is 12.8. The number of hydrogen-bond donors (Lipinski definition) is 1. The minimum Gasteiger partial charge on any atom is -0.485 e. The van der Waals surface area contributed by atoms with Gasteiger partial charge in [0.05, 0.1) is 5.69 Å². The normalized spacial score (nSPS) is 10.8. The van der Waals surface area contributed by atoms with Crippen molar-refractivity contribution >= 4 is 34.1 Å². The number of anilines is 1. The number of carbonyl (C=O) groups excluding carboxylic acids is 1. The van der Waals surface area contributed by atoms with E-state index in [1.807, 2.05) is 97.1 Å². The molecule has 4 aromatic carbocycles. The predicted molar refractivity (Wildman–Crippen MR) is 132 cm³/mol. The van der Waals surface area contributed by atoms with Crippen LogP contribution in [0.15, 0.2) is 123 Å². The number of furan rings is 1. The van der Waals surface area contributed by atoms with Crippen LogP contribution in [0.25, 0.3) is 10.8 Å². The van der Waals surface area contributed by atoms with E-state index in [1.165, 1.54) is 0 Å². The van der Waals surface area contributed by atoms with Crippen molar-refractivity contribution in [1.29, 1.82) is 0 Å². The van der Waals surface area contributed by atoms with Crippen LogP contribution in [-0.4, -0.2) is 5.91 Å². The van der Waals surface area contributed by atoms with Gasteiger partial charge >= 0.3 is 0 Å². The summed E-state index contributed by atoms with van der Waals surface area (Å²) in [5.74, 6) is 1.31. The molecule has 162 valence electrons. The van der Waals surface area contributed by atoms with E-state index >= 15 is 0 Å². The minimum atomic E-state index is -0.299. The number of hydrogen-bond acceptors (Lipinski definition) is 4. The number of para-hydroxylation sites is 1. The van der Waals surface area contributed by atoms with Gasteiger partial charge in [-0.2, -0.15) is 0 Å². The molecule has 1 heterocycles. The number of fused-ring (bicyclic) bond motifs is 1. The molecule has 1 aromatic heterocycles. The molecule has 33 heavy (non-hydrogen) atoms. The van der Waals surface area contributed by atoms with Crippen LogP contribution in [0, 0.1) is 0 Å². The molecular weight excluding hydrogens is 430 g/mol. The van der Waals surface area contributed by atoms with Crippen LogP contribution in [0.5, 0.6) is 5.75 Å². The fourth-order valence-corrected chi connectivity index (χ4v) is 4.43. The zero-order chi connectivity index (χ0) is 22.5. The SMILES string of the molecule is O=C(Nc1ccccc1Sc1ccccc1)c1ccc(COc2cccc3ccccc23)o1. The first-order valence-corrected chi connectivity index (χ1v) is 11.4. The summed E-state index contributed by atoms with van der Waals surface area (Å²) in [6.45, 7) is 0.238. The number of nitrogens with one attached hydrogen (secondary N) is 1. The molecule has 5 heteroatoms. The van der Waals surface area contributed by atoms with Crippen molar-refractivity contribution in [2.75, 3.05) is 5.32 Å². The second kappa shape index (κ2) is 9.67. The number of ether oxygens (including phenoxy) is 1. The van der Waals surface area contributed by atoms with Crippen molar-refractivity contribution in [3.05, 3.63) is 121 Å². The standard InChI is InChI=1S/C28H21NO3S/c30-28(29-24-14-6-7-16-27(24)33-22-11-2-1-3-12-22)26-18-17-21(32-26)19-31-25-15-8-10-20-9-4-5-13-23(20)25/h1-18H,19H2,(H,29,30). The fraction of sp³-hybridized carbons (Fsp3) is 0.0357. The van der Waals surface area contributed by atoms with Crippen molar-refractivity contribution in [3.63, 3.8) is 0 Å². The van der Waals surface area contributed by atoms with Crippen molar-refractivity contribution in [3.8, 4) is 5.75 Å². The molecule has 0 fully saturated rings. The summed E-state index contributed by atoms with van der Waals surface area (Å²) in [6.07, 6.45) is 0. The molecule has 0 saturated carbocycles. The lowest BCUT2D eigenvalue weighted by atomic mass is 10.1. The molecule has 5 rings (SSSR count). The molecule has 0 aliphatic carbocycles. The highest BCUT2D eigenvalue weighted by Gasteiger charge is 2.14. The highest BCUT2D eigenvalue weighted by Crippen LogP contribution is 2.33. The molecule has 0 aliphatic rings. The Balaban J connectivity index is 1.26. The van der Waals surface area contributed by atoms with Crippen molar-refractivity contribution in [2.24, 2.45) is 0 Å². The summed E-state index contributed by atoms with van der Waals surface area (Å²) in [5, 5.41) is 5.12. The maximum Gasteiger partial charge on any atom is 0.291 e.